The molecule has 1 fully saturated rings. The second-order valence-corrected chi connectivity index (χ2v) is 5.74. The monoisotopic (exact) mass is 333 g/mol. The molecular formula is C15H25Cl2N3O. The van der Waals surface area contributed by atoms with Crippen molar-refractivity contribution in [2.75, 3.05) is 20.2 Å². The smallest absolute Gasteiger partial charge is 0.316 e. The van der Waals surface area contributed by atoms with Crippen molar-refractivity contribution < 1.29 is 4.74 Å². The Labute approximate surface area is 139 Å². The van der Waals surface area contributed by atoms with Crippen LogP contribution in [0.2, 0.25) is 0 Å². The first-order chi connectivity index (χ1) is 9.31. The van der Waals surface area contributed by atoms with Gasteiger partial charge in [0.25, 0.3) is 0 Å². The molecule has 6 heteroatoms. The van der Waals surface area contributed by atoms with Gasteiger partial charge in [-0.25, -0.2) is 4.98 Å². The largest absolute Gasteiger partial charge is 0.467 e. The second-order valence-electron chi connectivity index (χ2n) is 5.74. The topological polar surface area (TPSA) is 38.2 Å². The molecular weight excluding hydrogens is 309 g/mol. The van der Waals surface area contributed by atoms with Crippen LogP contribution in [0, 0.1) is 5.92 Å². The summed E-state index contributed by atoms with van der Waals surface area (Å²) in [5.74, 6) is 0.771. The van der Waals surface area contributed by atoms with E-state index < -0.39 is 0 Å². The average molecular weight is 334 g/mol. The molecule has 2 heterocycles. The predicted octanol–water partition coefficient (Wildman–Crippen LogP) is 2.92. The van der Waals surface area contributed by atoms with Crippen LogP contribution in [0.5, 0.6) is 6.01 Å². The Hall–Kier alpha value is -0.580. The molecule has 1 aromatic rings. The zero-order valence-corrected chi connectivity index (χ0v) is 14.4. The van der Waals surface area contributed by atoms with Gasteiger partial charge in [0.05, 0.1) is 12.8 Å². The van der Waals surface area contributed by atoms with Gasteiger partial charge in [-0.3, -0.25) is 4.90 Å². The van der Waals surface area contributed by atoms with E-state index >= 15 is 0 Å². The van der Waals surface area contributed by atoms with E-state index in [-0.39, 0.29) is 24.8 Å². The van der Waals surface area contributed by atoms with Crippen molar-refractivity contribution in [2.24, 2.45) is 5.92 Å². The van der Waals surface area contributed by atoms with Gasteiger partial charge in [-0.1, -0.05) is 6.92 Å². The number of hydrogen-bond donors (Lipinski definition) is 0. The molecule has 21 heavy (non-hydrogen) atoms. The van der Waals surface area contributed by atoms with Crippen molar-refractivity contribution in [2.45, 2.75) is 45.1 Å². The molecule has 2 atom stereocenters. The summed E-state index contributed by atoms with van der Waals surface area (Å²) in [6.45, 7) is 4.77. The molecule has 3 rings (SSSR count). The molecule has 4 nitrogen and oxygen atoms in total. The van der Waals surface area contributed by atoms with Gasteiger partial charge >= 0.3 is 6.01 Å². The Morgan fingerprint density at radius 2 is 2.14 bits per heavy atom. The van der Waals surface area contributed by atoms with E-state index in [0.29, 0.717) is 12.1 Å². The molecule has 0 N–H and O–H groups in total. The Kier molecular flexibility index (Phi) is 7.17. The second kappa shape index (κ2) is 8.16. The van der Waals surface area contributed by atoms with Gasteiger partial charge in [0.1, 0.15) is 0 Å². The van der Waals surface area contributed by atoms with Crippen molar-refractivity contribution >= 4 is 24.8 Å². The molecule has 0 bridgehead atoms. The molecule has 0 amide bonds. The molecule has 0 radical (unpaired) electrons. The van der Waals surface area contributed by atoms with Crippen molar-refractivity contribution in [3.63, 3.8) is 0 Å². The first kappa shape index (κ1) is 18.5. The highest BCUT2D eigenvalue weighted by Crippen LogP contribution is 2.34. The number of ether oxygens (including phenoxy) is 1. The summed E-state index contributed by atoms with van der Waals surface area (Å²) < 4.78 is 5.14. The number of halogens is 2. The van der Waals surface area contributed by atoms with Gasteiger partial charge in [-0.05, 0) is 56.7 Å². The fraction of sp³-hybridized carbons (Fsp3) is 0.733. The minimum Gasteiger partial charge on any atom is -0.467 e. The van der Waals surface area contributed by atoms with E-state index in [2.05, 4.69) is 21.8 Å². The molecule has 1 aromatic heterocycles. The number of likely N-dealkylation sites (tertiary alicyclic amines) is 1. The van der Waals surface area contributed by atoms with Crippen LogP contribution in [-0.2, 0) is 12.8 Å². The number of fused-ring (bicyclic) bond motifs is 2. The van der Waals surface area contributed by atoms with Gasteiger partial charge in [-0.2, -0.15) is 4.98 Å². The van der Waals surface area contributed by atoms with Gasteiger partial charge in [-0.15, -0.1) is 24.8 Å². The molecule has 0 spiro atoms. The Balaban J connectivity index is 0.00000110. The Morgan fingerprint density at radius 1 is 1.33 bits per heavy atom. The third-order valence-electron chi connectivity index (χ3n) is 4.54. The van der Waals surface area contributed by atoms with E-state index in [1.807, 2.05) is 6.20 Å². The summed E-state index contributed by atoms with van der Waals surface area (Å²) in [6, 6.07) is 1.22. The highest BCUT2D eigenvalue weighted by molar-refractivity contribution is 5.85. The minimum absolute atomic E-state index is 0. The number of nitrogens with zero attached hydrogens (tertiary/aromatic N) is 3. The van der Waals surface area contributed by atoms with Crippen LogP contribution in [0.15, 0.2) is 6.20 Å². The summed E-state index contributed by atoms with van der Waals surface area (Å²) in [7, 11) is 1.64. The number of piperidine rings is 1. The minimum atomic E-state index is 0. The van der Waals surface area contributed by atoms with Crippen molar-refractivity contribution in [1.82, 2.24) is 14.9 Å². The Morgan fingerprint density at radius 3 is 2.86 bits per heavy atom. The molecule has 0 saturated carbocycles. The maximum absolute atomic E-state index is 5.14. The van der Waals surface area contributed by atoms with E-state index in [1.165, 1.54) is 43.6 Å². The van der Waals surface area contributed by atoms with Crippen LogP contribution in [0.3, 0.4) is 0 Å². The quantitative estimate of drug-likeness (QED) is 0.852. The Bertz CT molecular complexity index is 457. The number of aromatic nitrogens is 2. The third-order valence-corrected chi connectivity index (χ3v) is 4.54. The summed E-state index contributed by atoms with van der Waals surface area (Å²) >= 11 is 0. The fourth-order valence-corrected chi connectivity index (χ4v) is 3.65. The zero-order valence-electron chi connectivity index (χ0n) is 12.7. The lowest BCUT2D eigenvalue weighted by Crippen LogP contribution is -2.49. The standard InChI is InChI=1S/C15H23N3O.2ClH/c1-3-6-18-7-4-5-11-8-13-12(9-14(11)18)10-16-15(17-13)19-2;;/h10-11,14H,3-9H2,1-2H3;2*1H. The van der Waals surface area contributed by atoms with Crippen molar-refractivity contribution in [3.8, 4) is 6.01 Å². The van der Waals surface area contributed by atoms with Crippen LogP contribution in [0.1, 0.15) is 37.4 Å². The van der Waals surface area contributed by atoms with Crippen LogP contribution >= 0.6 is 24.8 Å². The first-order valence-corrected chi connectivity index (χ1v) is 7.44. The number of hydrogen-bond acceptors (Lipinski definition) is 4. The SMILES string of the molecule is CCCN1CCCC2Cc3nc(OC)ncc3CC21.Cl.Cl. The number of rotatable bonds is 3. The maximum Gasteiger partial charge on any atom is 0.316 e. The molecule has 1 aliphatic carbocycles. The summed E-state index contributed by atoms with van der Waals surface area (Å²) in [5, 5.41) is 0. The molecule has 1 saturated heterocycles. The zero-order chi connectivity index (χ0) is 13.2. The van der Waals surface area contributed by atoms with Crippen LogP contribution in [0.25, 0.3) is 0 Å². The van der Waals surface area contributed by atoms with E-state index in [4.69, 9.17) is 4.74 Å². The lowest BCUT2D eigenvalue weighted by atomic mass is 9.77. The highest BCUT2D eigenvalue weighted by atomic mass is 35.5. The van der Waals surface area contributed by atoms with Crippen LogP contribution in [-0.4, -0.2) is 41.1 Å². The van der Waals surface area contributed by atoms with Crippen molar-refractivity contribution in [1.29, 1.82) is 0 Å². The average Bonchev–Trinajstić information content (AvgIpc) is 2.45. The maximum atomic E-state index is 5.14. The van der Waals surface area contributed by atoms with E-state index in [1.54, 1.807) is 7.11 Å². The van der Waals surface area contributed by atoms with Gasteiger partial charge in [0.15, 0.2) is 0 Å². The third kappa shape index (κ3) is 3.79. The van der Waals surface area contributed by atoms with Gasteiger partial charge in [0.2, 0.25) is 0 Å². The van der Waals surface area contributed by atoms with E-state index in [9.17, 15) is 0 Å². The van der Waals surface area contributed by atoms with Crippen LogP contribution in [0.4, 0.5) is 0 Å². The van der Waals surface area contributed by atoms with Gasteiger partial charge in [0, 0.05) is 12.2 Å². The predicted molar refractivity (Wildman–Crippen MR) is 88.9 cm³/mol. The van der Waals surface area contributed by atoms with Crippen molar-refractivity contribution in [3.05, 3.63) is 17.5 Å². The number of methoxy groups -OCH3 is 1. The summed E-state index contributed by atoms with van der Waals surface area (Å²) in [6.07, 6.45) is 8.10. The summed E-state index contributed by atoms with van der Waals surface area (Å²) in [4.78, 5) is 11.5. The molecule has 2 unspecified atom stereocenters. The van der Waals surface area contributed by atoms with Gasteiger partial charge < -0.3 is 4.74 Å². The molecule has 2 aliphatic rings. The summed E-state index contributed by atoms with van der Waals surface area (Å²) in [5.41, 5.74) is 2.54. The molecule has 1 aliphatic heterocycles. The highest BCUT2D eigenvalue weighted by Gasteiger charge is 2.35. The first-order valence-electron chi connectivity index (χ1n) is 7.44. The lowest BCUT2D eigenvalue weighted by Gasteiger charge is -2.44. The molecule has 120 valence electrons. The fourth-order valence-electron chi connectivity index (χ4n) is 3.65. The van der Waals surface area contributed by atoms with Crippen LogP contribution < -0.4 is 4.74 Å². The normalized spacial score (nSPS) is 24.1. The lowest BCUT2D eigenvalue weighted by molar-refractivity contribution is 0.0842. The molecule has 0 aromatic carbocycles. The van der Waals surface area contributed by atoms with E-state index in [0.717, 1.165) is 18.8 Å².